The molecule has 4 atom stereocenters. The largest absolute Gasteiger partial charge is 0.343 e. The van der Waals surface area contributed by atoms with Crippen LogP contribution in [0.1, 0.15) is 23.6 Å². The zero-order valence-electron chi connectivity index (χ0n) is 19.2. The summed E-state index contributed by atoms with van der Waals surface area (Å²) < 4.78 is 0. The first-order valence-corrected chi connectivity index (χ1v) is 11.3. The molecule has 3 aliphatic rings. The van der Waals surface area contributed by atoms with Crippen LogP contribution in [0.4, 0.5) is 10.5 Å². The smallest absolute Gasteiger partial charge is 0.328 e. The number of rotatable bonds is 3. The van der Waals surface area contributed by atoms with Crippen molar-refractivity contribution in [3.05, 3.63) is 65.2 Å². The molecule has 0 aliphatic carbocycles. The van der Waals surface area contributed by atoms with Gasteiger partial charge in [0.2, 0.25) is 0 Å². The maximum Gasteiger partial charge on any atom is 0.328 e. The fraction of sp³-hybridized carbons (Fsp3) is 0.440. The average molecular weight is 434 g/mol. The third-order valence-corrected chi connectivity index (χ3v) is 6.91. The van der Waals surface area contributed by atoms with Crippen LogP contribution in [0, 0.1) is 19.8 Å². The number of nitrogens with one attached hydrogen (secondary N) is 1. The number of anilines is 1. The van der Waals surface area contributed by atoms with Gasteiger partial charge in [0.25, 0.3) is 5.91 Å². The van der Waals surface area contributed by atoms with Gasteiger partial charge in [0.1, 0.15) is 18.5 Å². The highest BCUT2D eigenvalue weighted by molar-refractivity contribution is 6.00. The molecule has 3 saturated heterocycles. The molecular formula is C25H31N5O2. The molecule has 0 radical (unpaired) electrons. The number of hydrogen-bond acceptors (Lipinski definition) is 5. The summed E-state index contributed by atoms with van der Waals surface area (Å²) in [5.74, 6) is 0.279. The van der Waals surface area contributed by atoms with Gasteiger partial charge in [-0.3, -0.25) is 19.9 Å². The molecule has 3 fully saturated rings. The van der Waals surface area contributed by atoms with Gasteiger partial charge in [-0.15, -0.1) is 0 Å². The standard InChI is InChI=1S/C25H31N5O2/c1-16-5-9-19(10-6-16)15-30-23(31)21-22(27(4)25(30)32)26-24-28(13-18(3)14-29(21)24)20-11-7-17(2)8-12-20/h5-12,18,21-22,24,26H,13-15H2,1-4H3. The maximum atomic E-state index is 13.7. The normalized spacial score (nSPS) is 28.2. The Morgan fingerprint density at radius 3 is 2.22 bits per heavy atom. The SMILES string of the molecule is Cc1ccc(CN2C(=O)C3C(NC4N(c5ccc(C)cc5)CC(C)CN34)N(C)C2=O)cc1. The molecule has 4 unspecified atom stereocenters. The van der Waals surface area contributed by atoms with Crippen molar-refractivity contribution in [3.63, 3.8) is 0 Å². The molecule has 1 N–H and O–H groups in total. The third kappa shape index (κ3) is 3.45. The Morgan fingerprint density at radius 1 is 0.938 bits per heavy atom. The zero-order chi connectivity index (χ0) is 22.6. The first-order chi connectivity index (χ1) is 15.3. The van der Waals surface area contributed by atoms with Gasteiger partial charge >= 0.3 is 6.03 Å². The monoisotopic (exact) mass is 433 g/mol. The maximum absolute atomic E-state index is 13.7. The fourth-order valence-electron chi connectivity index (χ4n) is 5.18. The number of carbonyl (C=O) groups is 2. The van der Waals surface area contributed by atoms with Crippen LogP contribution in [0.2, 0.25) is 0 Å². The molecule has 3 heterocycles. The number of urea groups is 1. The van der Waals surface area contributed by atoms with Gasteiger partial charge in [-0.25, -0.2) is 4.79 Å². The summed E-state index contributed by atoms with van der Waals surface area (Å²) in [4.78, 5) is 34.5. The highest BCUT2D eigenvalue weighted by Gasteiger charge is 2.56. The van der Waals surface area contributed by atoms with Gasteiger partial charge in [0.05, 0.1) is 6.54 Å². The molecule has 2 aromatic carbocycles. The number of imide groups is 1. The lowest BCUT2D eigenvalue weighted by Crippen LogP contribution is -2.66. The molecule has 2 aromatic rings. The van der Waals surface area contributed by atoms with Crippen molar-refractivity contribution in [2.24, 2.45) is 5.92 Å². The highest BCUT2D eigenvalue weighted by Crippen LogP contribution is 2.34. The molecule has 3 aliphatic heterocycles. The van der Waals surface area contributed by atoms with Gasteiger partial charge in [0, 0.05) is 25.8 Å². The van der Waals surface area contributed by atoms with E-state index < -0.39 is 6.04 Å². The molecule has 0 spiro atoms. The van der Waals surface area contributed by atoms with Crippen molar-refractivity contribution >= 4 is 17.6 Å². The lowest BCUT2D eigenvalue weighted by Gasteiger charge is -2.46. The second-order valence-corrected chi connectivity index (χ2v) is 9.52. The van der Waals surface area contributed by atoms with Crippen LogP contribution >= 0.6 is 0 Å². The molecule has 5 rings (SSSR count). The topological polar surface area (TPSA) is 59.1 Å². The molecule has 168 valence electrons. The van der Waals surface area contributed by atoms with Crippen LogP contribution in [0.15, 0.2) is 48.5 Å². The molecule has 32 heavy (non-hydrogen) atoms. The van der Waals surface area contributed by atoms with Crippen molar-refractivity contribution in [1.82, 2.24) is 20.0 Å². The van der Waals surface area contributed by atoms with E-state index in [1.807, 2.05) is 31.2 Å². The minimum absolute atomic E-state index is 0.119. The van der Waals surface area contributed by atoms with Gasteiger partial charge in [-0.1, -0.05) is 54.4 Å². The minimum atomic E-state index is -0.399. The Bertz CT molecular complexity index is 1020. The first-order valence-electron chi connectivity index (χ1n) is 11.3. The summed E-state index contributed by atoms with van der Waals surface area (Å²) in [7, 11) is 1.79. The summed E-state index contributed by atoms with van der Waals surface area (Å²) in [6.45, 7) is 8.33. The summed E-state index contributed by atoms with van der Waals surface area (Å²) in [5, 5.41) is 3.59. The van der Waals surface area contributed by atoms with Crippen LogP contribution in [0.5, 0.6) is 0 Å². The van der Waals surface area contributed by atoms with Gasteiger partial charge in [-0.05, 0) is 37.5 Å². The fourth-order valence-corrected chi connectivity index (χ4v) is 5.18. The number of amides is 3. The quantitative estimate of drug-likeness (QED) is 0.807. The van der Waals surface area contributed by atoms with E-state index >= 15 is 0 Å². The molecule has 7 nitrogen and oxygen atoms in total. The lowest BCUT2D eigenvalue weighted by atomic mass is 10.0. The Balaban J connectivity index is 1.45. The number of aryl methyl sites for hydroxylation is 2. The summed E-state index contributed by atoms with van der Waals surface area (Å²) in [5.41, 5.74) is 4.46. The molecule has 3 amide bonds. The van der Waals surface area contributed by atoms with Gasteiger partial charge in [0.15, 0.2) is 0 Å². The van der Waals surface area contributed by atoms with Crippen molar-refractivity contribution in [2.75, 3.05) is 25.0 Å². The van der Waals surface area contributed by atoms with E-state index in [0.717, 1.165) is 29.9 Å². The number of carbonyl (C=O) groups excluding carboxylic acids is 2. The number of hydrogen-bond donors (Lipinski definition) is 1. The number of nitrogens with zero attached hydrogens (tertiary/aromatic N) is 4. The van der Waals surface area contributed by atoms with Gasteiger partial charge in [-0.2, -0.15) is 0 Å². The zero-order valence-corrected chi connectivity index (χ0v) is 19.2. The van der Waals surface area contributed by atoms with E-state index in [2.05, 4.69) is 53.2 Å². The van der Waals surface area contributed by atoms with E-state index in [4.69, 9.17) is 0 Å². The van der Waals surface area contributed by atoms with Gasteiger partial charge < -0.3 is 9.80 Å². The van der Waals surface area contributed by atoms with E-state index in [1.54, 1.807) is 11.9 Å². The third-order valence-electron chi connectivity index (χ3n) is 6.91. The van der Waals surface area contributed by atoms with Crippen LogP contribution < -0.4 is 10.2 Å². The number of likely N-dealkylation sites (N-methyl/N-ethyl adjacent to an activating group) is 1. The van der Waals surface area contributed by atoms with Crippen molar-refractivity contribution < 1.29 is 9.59 Å². The van der Waals surface area contributed by atoms with Crippen molar-refractivity contribution in [2.45, 2.75) is 45.8 Å². The summed E-state index contributed by atoms with van der Waals surface area (Å²) in [6, 6.07) is 15.9. The predicted octanol–water partition coefficient (Wildman–Crippen LogP) is 2.74. The van der Waals surface area contributed by atoms with Crippen molar-refractivity contribution in [3.8, 4) is 0 Å². The van der Waals surface area contributed by atoms with E-state index in [0.29, 0.717) is 12.5 Å². The number of fused-ring (bicyclic) bond motifs is 3. The average Bonchev–Trinajstić information content (AvgIpc) is 3.16. The summed E-state index contributed by atoms with van der Waals surface area (Å²) in [6.07, 6.45) is -0.463. The molecule has 7 heteroatoms. The molecule has 0 bridgehead atoms. The first kappa shape index (κ1) is 21.0. The molecule has 0 saturated carbocycles. The highest BCUT2D eigenvalue weighted by atomic mass is 16.2. The summed E-state index contributed by atoms with van der Waals surface area (Å²) >= 11 is 0. The Hall–Kier alpha value is -2.90. The molecule has 0 aromatic heterocycles. The number of benzene rings is 2. The Labute approximate surface area is 189 Å². The van der Waals surface area contributed by atoms with Crippen LogP contribution in [-0.4, -0.2) is 65.3 Å². The van der Waals surface area contributed by atoms with E-state index in [9.17, 15) is 9.59 Å². The Morgan fingerprint density at radius 2 is 1.56 bits per heavy atom. The molecular weight excluding hydrogens is 402 g/mol. The van der Waals surface area contributed by atoms with E-state index in [-0.39, 0.29) is 24.4 Å². The van der Waals surface area contributed by atoms with Crippen LogP contribution in [-0.2, 0) is 11.3 Å². The van der Waals surface area contributed by atoms with E-state index in [1.165, 1.54) is 10.5 Å². The van der Waals surface area contributed by atoms with Crippen LogP contribution in [0.25, 0.3) is 0 Å². The minimum Gasteiger partial charge on any atom is -0.343 e. The second-order valence-electron chi connectivity index (χ2n) is 9.52. The van der Waals surface area contributed by atoms with Crippen molar-refractivity contribution in [1.29, 1.82) is 0 Å². The van der Waals surface area contributed by atoms with Crippen LogP contribution in [0.3, 0.4) is 0 Å². The Kier molecular flexibility index (Phi) is 5.18. The lowest BCUT2D eigenvalue weighted by molar-refractivity contribution is -0.139. The predicted molar refractivity (Wildman–Crippen MR) is 124 cm³/mol. The second kappa shape index (κ2) is 7.90.